The molecule has 5 rings (SSSR count). The summed E-state index contributed by atoms with van der Waals surface area (Å²) < 4.78 is 14.2. The fourth-order valence-electron chi connectivity index (χ4n) is 5.64. The minimum absolute atomic E-state index is 0.162. The van der Waals surface area contributed by atoms with Gasteiger partial charge in [0.05, 0.1) is 5.52 Å². The van der Waals surface area contributed by atoms with Gasteiger partial charge in [0.2, 0.25) is 0 Å². The largest absolute Gasteiger partial charge is 0.362 e. The first kappa shape index (κ1) is 27.6. The van der Waals surface area contributed by atoms with Crippen LogP contribution in [0.5, 0.6) is 0 Å². The smallest absolute Gasteiger partial charge is 0.139 e. The molecule has 204 valence electrons. The van der Waals surface area contributed by atoms with E-state index in [0.29, 0.717) is 4.90 Å². The number of rotatable bonds is 11. The number of fused-ring (bicyclic) bond motifs is 1. The standard InChI is InChI=1S/C33H39FN4S/c1-38(2)33-27-12-4-6-14-29(27)36-32(37-33)17-9-10-24-18-20-25(21-19-24)22-35-23-26-11-3-7-15-30(26)39-31-16-8-5-13-28(31)34/h3-8,11-16,24-25,35H,9-10,17-23H2,1-2H3. The zero-order valence-corrected chi connectivity index (χ0v) is 23.9. The number of nitrogens with one attached hydrogen (secondary N) is 1. The van der Waals surface area contributed by atoms with Crippen molar-refractivity contribution in [2.75, 3.05) is 25.5 Å². The lowest BCUT2D eigenvalue weighted by atomic mass is 9.80. The van der Waals surface area contributed by atoms with Crippen molar-refractivity contribution < 1.29 is 4.39 Å². The van der Waals surface area contributed by atoms with Crippen LogP contribution in [0.2, 0.25) is 0 Å². The van der Waals surface area contributed by atoms with Gasteiger partial charge in [-0.1, -0.05) is 73.5 Å². The Labute approximate surface area is 236 Å². The molecule has 0 radical (unpaired) electrons. The Balaban J connectivity index is 1.05. The van der Waals surface area contributed by atoms with Crippen LogP contribution in [0.4, 0.5) is 10.2 Å². The van der Waals surface area contributed by atoms with Gasteiger partial charge in [0.1, 0.15) is 17.5 Å². The van der Waals surface area contributed by atoms with Crippen molar-refractivity contribution >= 4 is 28.5 Å². The van der Waals surface area contributed by atoms with Crippen LogP contribution in [0.1, 0.15) is 49.9 Å². The summed E-state index contributed by atoms with van der Waals surface area (Å²) in [4.78, 5) is 13.6. The normalized spacial score (nSPS) is 17.4. The van der Waals surface area contributed by atoms with Gasteiger partial charge in [0.15, 0.2) is 0 Å². The first-order valence-corrected chi connectivity index (χ1v) is 15.0. The van der Waals surface area contributed by atoms with E-state index in [2.05, 4.69) is 66.8 Å². The van der Waals surface area contributed by atoms with E-state index in [-0.39, 0.29) is 5.82 Å². The highest BCUT2D eigenvalue weighted by molar-refractivity contribution is 7.99. The molecule has 1 aromatic heterocycles. The van der Waals surface area contributed by atoms with Gasteiger partial charge in [-0.3, -0.25) is 0 Å². The van der Waals surface area contributed by atoms with E-state index in [1.54, 1.807) is 6.07 Å². The molecule has 3 aromatic carbocycles. The second kappa shape index (κ2) is 13.4. The topological polar surface area (TPSA) is 41.1 Å². The quantitative estimate of drug-likeness (QED) is 0.209. The van der Waals surface area contributed by atoms with Crippen molar-refractivity contribution in [2.45, 2.75) is 61.3 Å². The molecule has 4 nitrogen and oxygen atoms in total. The van der Waals surface area contributed by atoms with Crippen molar-refractivity contribution in [1.82, 2.24) is 15.3 Å². The number of hydrogen-bond donors (Lipinski definition) is 1. The zero-order valence-electron chi connectivity index (χ0n) is 23.1. The molecule has 0 unspecified atom stereocenters. The van der Waals surface area contributed by atoms with E-state index in [9.17, 15) is 4.39 Å². The Kier molecular flexibility index (Phi) is 9.49. The summed E-state index contributed by atoms with van der Waals surface area (Å²) in [6.07, 6.45) is 8.56. The molecular weight excluding hydrogens is 503 g/mol. The molecule has 6 heteroatoms. The Morgan fingerprint density at radius 2 is 1.54 bits per heavy atom. The summed E-state index contributed by atoms with van der Waals surface area (Å²) in [5.74, 6) is 3.36. The average molecular weight is 543 g/mol. The number of aryl methyl sites for hydroxylation is 1. The second-order valence-electron chi connectivity index (χ2n) is 10.9. The van der Waals surface area contributed by atoms with Crippen LogP contribution in [0.3, 0.4) is 0 Å². The number of para-hydroxylation sites is 1. The highest BCUT2D eigenvalue weighted by atomic mass is 32.2. The summed E-state index contributed by atoms with van der Waals surface area (Å²) in [6.45, 7) is 1.86. The Bertz CT molecular complexity index is 1370. The summed E-state index contributed by atoms with van der Waals surface area (Å²) >= 11 is 1.51. The maximum Gasteiger partial charge on any atom is 0.139 e. The van der Waals surface area contributed by atoms with Crippen molar-refractivity contribution in [2.24, 2.45) is 11.8 Å². The lowest BCUT2D eigenvalue weighted by molar-refractivity contribution is 0.253. The molecule has 4 aromatic rings. The van der Waals surface area contributed by atoms with E-state index >= 15 is 0 Å². The minimum atomic E-state index is -0.162. The number of nitrogens with zero attached hydrogens (tertiary/aromatic N) is 3. The number of anilines is 1. The minimum Gasteiger partial charge on any atom is -0.362 e. The number of aromatic nitrogens is 2. The highest BCUT2D eigenvalue weighted by Gasteiger charge is 2.21. The molecule has 1 fully saturated rings. The van der Waals surface area contributed by atoms with Crippen LogP contribution >= 0.6 is 11.8 Å². The fourth-order valence-corrected chi connectivity index (χ4v) is 6.61. The molecule has 1 N–H and O–H groups in total. The van der Waals surface area contributed by atoms with Gasteiger partial charge in [0, 0.05) is 42.2 Å². The highest BCUT2D eigenvalue weighted by Crippen LogP contribution is 2.33. The third-order valence-corrected chi connectivity index (χ3v) is 8.98. The molecule has 0 bridgehead atoms. The molecule has 1 saturated carbocycles. The van der Waals surface area contributed by atoms with Gasteiger partial charge < -0.3 is 10.2 Å². The van der Waals surface area contributed by atoms with Crippen LogP contribution in [0.25, 0.3) is 10.9 Å². The lowest BCUT2D eigenvalue weighted by Crippen LogP contribution is -2.26. The molecule has 0 aliphatic heterocycles. The van der Waals surface area contributed by atoms with Gasteiger partial charge in [-0.05, 0) is 73.5 Å². The van der Waals surface area contributed by atoms with E-state index in [4.69, 9.17) is 9.97 Å². The maximum absolute atomic E-state index is 14.2. The molecule has 1 aliphatic carbocycles. The van der Waals surface area contributed by atoms with Gasteiger partial charge in [0.25, 0.3) is 0 Å². The van der Waals surface area contributed by atoms with Crippen molar-refractivity contribution in [3.05, 3.63) is 90.0 Å². The van der Waals surface area contributed by atoms with E-state index < -0.39 is 0 Å². The fraction of sp³-hybridized carbons (Fsp3) is 0.394. The number of benzene rings is 3. The summed E-state index contributed by atoms with van der Waals surface area (Å²) in [7, 11) is 4.10. The van der Waals surface area contributed by atoms with Gasteiger partial charge in [-0.15, -0.1) is 0 Å². The molecule has 1 aliphatic rings. The molecular formula is C33H39FN4S. The summed E-state index contributed by atoms with van der Waals surface area (Å²) in [5.41, 5.74) is 2.26. The van der Waals surface area contributed by atoms with Crippen LogP contribution in [0, 0.1) is 17.7 Å². The summed E-state index contributed by atoms with van der Waals surface area (Å²) in [6, 6.07) is 23.6. The number of hydrogen-bond acceptors (Lipinski definition) is 5. The Morgan fingerprint density at radius 1 is 0.846 bits per heavy atom. The second-order valence-corrected chi connectivity index (χ2v) is 12.0. The maximum atomic E-state index is 14.2. The SMILES string of the molecule is CN(C)c1nc(CCCC2CCC(CNCc3ccccc3Sc3ccccc3F)CC2)nc2ccccc12. The van der Waals surface area contributed by atoms with Crippen LogP contribution in [0.15, 0.2) is 82.6 Å². The van der Waals surface area contributed by atoms with Crippen molar-refractivity contribution in [1.29, 1.82) is 0 Å². The van der Waals surface area contributed by atoms with Crippen molar-refractivity contribution in [3.63, 3.8) is 0 Å². The molecule has 0 atom stereocenters. The van der Waals surface area contributed by atoms with Gasteiger partial charge in [-0.25, -0.2) is 14.4 Å². The van der Waals surface area contributed by atoms with Crippen LogP contribution < -0.4 is 10.2 Å². The zero-order chi connectivity index (χ0) is 27.0. The van der Waals surface area contributed by atoms with Gasteiger partial charge in [-0.2, -0.15) is 0 Å². The monoisotopic (exact) mass is 542 g/mol. The molecule has 0 saturated heterocycles. The first-order chi connectivity index (χ1) is 19.1. The van der Waals surface area contributed by atoms with Crippen LogP contribution in [-0.4, -0.2) is 30.6 Å². The van der Waals surface area contributed by atoms with Gasteiger partial charge >= 0.3 is 0 Å². The summed E-state index contributed by atoms with van der Waals surface area (Å²) in [5, 5.41) is 4.81. The first-order valence-electron chi connectivity index (χ1n) is 14.2. The third kappa shape index (κ3) is 7.37. The lowest BCUT2D eigenvalue weighted by Gasteiger charge is -2.29. The van der Waals surface area contributed by atoms with E-state index in [0.717, 1.165) is 65.2 Å². The molecule has 0 spiro atoms. The van der Waals surface area contributed by atoms with E-state index in [1.807, 2.05) is 18.2 Å². The Morgan fingerprint density at radius 3 is 2.33 bits per heavy atom. The third-order valence-electron chi connectivity index (χ3n) is 7.81. The van der Waals surface area contributed by atoms with Crippen LogP contribution in [-0.2, 0) is 13.0 Å². The average Bonchev–Trinajstić information content (AvgIpc) is 2.95. The van der Waals surface area contributed by atoms with E-state index in [1.165, 1.54) is 55.5 Å². The number of halogens is 1. The predicted octanol–water partition coefficient (Wildman–Crippen LogP) is 7.91. The molecule has 0 amide bonds. The van der Waals surface area contributed by atoms with Crippen molar-refractivity contribution in [3.8, 4) is 0 Å². The molecule has 1 heterocycles. The molecule has 39 heavy (non-hydrogen) atoms. The predicted molar refractivity (Wildman–Crippen MR) is 161 cm³/mol. The Hall–Kier alpha value is -2.96.